The Labute approximate surface area is 127 Å². The molecule has 1 saturated carbocycles. The highest BCUT2D eigenvalue weighted by atomic mass is 16.3. The highest BCUT2D eigenvalue weighted by Gasteiger charge is 2.34. The Morgan fingerprint density at radius 2 is 1.62 bits per heavy atom. The smallest absolute Gasteiger partial charge is 0.225 e. The molecule has 0 aromatic rings. The van der Waals surface area contributed by atoms with Crippen molar-refractivity contribution in [3.8, 4) is 0 Å². The Balaban J connectivity index is 1.45. The van der Waals surface area contributed by atoms with Crippen molar-refractivity contribution in [1.82, 2.24) is 9.80 Å². The number of hydrogen-bond acceptors (Lipinski definition) is 4. The normalized spacial score (nSPS) is 33.5. The molecule has 5 heteroatoms. The summed E-state index contributed by atoms with van der Waals surface area (Å²) in [5.41, 5.74) is 5.93. The van der Waals surface area contributed by atoms with Crippen LogP contribution >= 0.6 is 0 Å². The zero-order chi connectivity index (χ0) is 14.8. The van der Waals surface area contributed by atoms with Crippen molar-refractivity contribution in [2.24, 2.45) is 11.7 Å². The summed E-state index contributed by atoms with van der Waals surface area (Å²) in [6, 6.07) is 0.837. The van der Waals surface area contributed by atoms with Gasteiger partial charge in [0, 0.05) is 44.2 Å². The Morgan fingerprint density at radius 1 is 0.952 bits per heavy atom. The number of carbonyl (C=O) groups excluding carboxylic acids is 1. The van der Waals surface area contributed by atoms with Crippen LogP contribution in [-0.2, 0) is 4.79 Å². The Morgan fingerprint density at radius 3 is 2.19 bits per heavy atom. The monoisotopic (exact) mass is 295 g/mol. The molecular weight excluding hydrogens is 266 g/mol. The van der Waals surface area contributed by atoms with E-state index in [-0.39, 0.29) is 18.1 Å². The average Bonchev–Trinajstić information content (AvgIpc) is 2.94. The second-order valence-electron chi connectivity index (χ2n) is 7.09. The molecule has 0 unspecified atom stereocenters. The van der Waals surface area contributed by atoms with Crippen molar-refractivity contribution in [2.45, 2.75) is 63.1 Å². The topological polar surface area (TPSA) is 69.8 Å². The van der Waals surface area contributed by atoms with Crippen LogP contribution in [0, 0.1) is 5.92 Å². The van der Waals surface area contributed by atoms with Crippen LogP contribution in [0.25, 0.3) is 0 Å². The van der Waals surface area contributed by atoms with Crippen LogP contribution in [0.4, 0.5) is 0 Å². The van der Waals surface area contributed by atoms with Crippen molar-refractivity contribution >= 4 is 5.91 Å². The third kappa shape index (κ3) is 3.58. The number of aliphatic hydroxyl groups excluding tert-OH is 1. The van der Waals surface area contributed by atoms with Gasteiger partial charge in [-0.1, -0.05) is 0 Å². The van der Waals surface area contributed by atoms with Crippen LogP contribution in [0.1, 0.15) is 44.9 Å². The molecule has 3 fully saturated rings. The maximum absolute atomic E-state index is 12.5. The van der Waals surface area contributed by atoms with E-state index in [1.807, 2.05) is 0 Å². The highest BCUT2D eigenvalue weighted by Crippen LogP contribution is 2.28. The maximum Gasteiger partial charge on any atom is 0.225 e. The lowest BCUT2D eigenvalue weighted by atomic mass is 9.97. The van der Waals surface area contributed by atoms with Gasteiger partial charge in [0.2, 0.25) is 5.91 Å². The first kappa shape index (κ1) is 15.3. The molecule has 2 aliphatic heterocycles. The molecule has 3 rings (SSSR count). The van der Waals surface area contributed by atoms with Gasteiger partial charge in [0.1, 0.15) is 0 Å². The van der Waals surface area contributed by atoms with E-state index in [0.29, 0.717) is 11.9 Å². The summed E-state index contributed by atoms with van der Waals surface area (Å²) in [7, 11) is 0. The molecule has 2 heterocycles. The summed E-state index contributed by atoms with van der Waals surface area (Å²) in [5.74, 6) is 0.525. The van der Waals surface area contributed by atoms with Gasteiger partial charge in [-0.05, 0) is 44.9 Å². The van der Waals surface area contributed by atoms with E-state index in [9.17, 15) is 9.90 Å². The maximum atomic E-state index is 12.5. The molecule has 2 saturated heterocycles. The predicted octanol–water partition coefficient (Wildman–Crippen LogP) is 0.562. The van der Waals surface area contributed by atoms with Crippen LogP contribution in [0.5, 0.6) is 0 Å². The van der Waals surface area contributed by atoms with Crippen LogP contribution in [0.3, 0.4) is 0 Å². The minimum Gasteiger partial charge on any atom is -0.393 e. The highest BCUT2D eigenvalue weighted by molar-refractivity contribution is 5.79. The third-order valence-electron chi connectivity index (χ3n) is 5.61. The number of nitrogens with zero attached hydrogens (tertiary/aromatic N) is 2. The van der Waals surface area contributed by atoms with Gasteiger partial charge in [-0.3, -0.25) is 4.79 Å². The minimum atomic E-state index is -0.102. The number of carbonyl (C=O) groups is 1. The van der Waals surface area contributed by atoms with Gasteiger partial charge in [0.15, 0.2) is 0 Å². The van der Waals surface area contributed by atoms with Gasteiger partial charge >= 0.3 is 0 Å². The van der Waals surface area contributed by atoms with Gasteiger partial charge in [-0.15, -0.1) is 0 Å². The lowest BCUT2D eigenvalue weighted by molar-refractivity contribution is -0.137. The van der Waals surface area contributed by atoms with Crippen LogP contribution in [0.2, 0.25) is 0 Å². The minimum absolute atomic E-state index is 0.102. The van der Waals surface area contributed by atoms with E-state index in [0.717, 1.165) is 71.1 Å². The van der Waals surface area contributed by atoms with Gasteiger partial charge in [0.25, 0.3) is 0 Å². The fraction of sp³-hybridized carbons (Fsp3) is 0.938. The molecule has 2 atom stereocenters. The van der Waals surface area contributed by atoms with E-state index in [2.05, 4.69) is 9.80 Å². The van der Waals surface area contributed by atoms with E-state index < -0.39 is 0 Å². The first-order valence-electron chi connectivity index (χ1n) is 8.60. The van der Waals surface area contributed by atoms with Crippen molar-refractivity contribution in [3.63, 3.8) is 0 Å². The fourth-order valence-electron chi connectivity index (χ4n) is 4.20. The standard InChI is InChI=1S/C16H29N3O2/c17-13-2-1-12(11-13)16(21)19-7-3-14(4-8-19)18-9-5-15(20)6-10-18/h12-15,20H,1-11,17H2/t12-,13+/m0/s1. The summed E-state index contributed by atoms with van der Waals surface area (Å²) in [6.45, 7) is 3.82. The summed E-state index contributed by atoms with van der Waals surface area (Å²) in [6.07, 6.45) is 6.73. The summed E-state index contributed by atoms with van der Waals surface area (Å²) >= 11 is 0. The second-order valence-corrected chi connectivity index (χ2v) is 7.09. The van der Waals surface area contributed by atoms with Crippen molar-refractivity contribution in [2.75, 3.05) is 26.2 Å². The summed E-state index contributed by atoms with van der Waals surface area (Å²) in [4.78, 5) is 17.1. The van der Waals surface area contributed by atoms with Crippen LogP contribution in [0.15, 0.2) is 0 Å². The molecule has 5 nitrogen and oxygen atoms in total. The zero-order valence-electron chi connectivity index (χ0n) is 12.9. The average molecular weight is 295 g/mol. The number of likely N-dealkylation sites (tertiary alicyclic amines) is 2. The van der Waals surface area contributed by atoms with Crippen molar-refractivity contribution in [3.05, 3.63) is 0 Å². The van der Waals surface area contributed by atoms with Gasteiger partial charge < -0.3 is 20.6 Å². The lowest BCUT2D eigenvalue weighted by Crippen LogP contribution is -2.50. The van der Waals surface area contributed by atoms with Crippen LogP contribution < -0.4 is 5.73 Å². The van der Waals surface area contributed by atoms with Crippen molar-refractivity contribution in [1.29, 1.82) is 0 Å². The number of piperidine rings is 2. The number of nitrogens with two attached hydrogens (primary N) is 1. The molecule has 3 aliphatic rings. The first-order valence-corrected chi connectivity index (χ1v) is 8.60. The Kier molecular flexibility index (Phi) is 4.82. The molecule has 1 amide bonds. The number of amides is 1. The van der Waals surface area contributed by atoms with E-state index in [4.69, 9.17) is 5.73 Å². The number of hydrogen-bond donors (Lipinski definition) is 2. The van der Waals surface area contributed by atoms with Gasteiger partial charge in [0.05, 0.1) is 6.10 Å². The SMILES string of the molecule is N[C@@H]1CC[C@H](C(=O)N2CCC(N3CCC(O)CC3)CC2)C1. The van der Waals surface area contributed by atoms with E-state index in [1.54, 1.807) is 0 Å². The molecule has 120 valence electrons. The number of aliphatic hydroxyl groups is 1. The van der Waals surface area contributed by atoms with E-state index >= 15 is 0 Å². The van der Waals surface area contributed by atoms with Gasteiger partial charge in [-0.25, -0.2) is 0 Å². The molecule has 0 radical (unpaired) electrons. The fourth-order valence-corrected chi connectivity index (χ4v) is 4.20. The molecular formula is C16H29N3O2. The largest absolute Gasteiger partial charge is 0.393 e. The summed E-state index contributed by atoms with van der Waals surface area (Å²) < 4.78 is 0. The van der Waals surface area contributed by atoms with Crippen molar-refractivity contribution < 1.29 is 9.90 Å². The predicted molar refractivity (Wildman–Crippen MR) is 81.7 cm³/mol. The zero-order valence-corrected chi connectivity index (χ0v) is 12.9. The molecule has 3 N–H and O–H groups in total. The molecule has 0 aromatic heterocycles. The van der Waals surface area contributed by atoms with Crippen LogP contribution in [-0.4, -0.2) is 65.2 Å². The first-order chi connectivity index (χ1) is 10.1. The molecule has 1 aliphatic carbocycles. The lowest BCUT2D eigenvalue weighted by Gasteiger charge is -2.41. The third-order valence-corrected chi connectivity index (χ3v) is 5.61. The number of rotatable bonds is 2. The Hall–Kier alpha value is -0.650. The Bertz CT molecular complexity index is 361. The molecule has 0 spiro atoms. The second kappa shape index (κ2) is 6.63. The molecule has 0 aromatic carbocycles. The summed E-state index contributed by atoms with van der Waals surface area (Å²) in [5, 5.41) is 9.59. The quantitative estimate of drug-likeness (QED) is 0.781. The molecule has 0 bridgehead atoms. The van der Waals surface area contributed by atoms with Gasteiger partial charge in [-0.2, -0.15) is 0 Å². The van der Waals surface area contributed by atoms with E-state index in [1.165, 1.54) is 0 Å². The molecule has 21 heavy (non-hydrogen) atoms.